The molecule has 0 aliphatic carbocycles. The lowest BCUT2D eigenvalue weighted by atomic mass is 9.93. The summed E-state index contributed by atoms with van der Waals surface area (Å²) in [5.41, 5.74) is 5.14. The molecular weight excluding hydrogens is 558 g/mol. The van der Waals surface area contributed by atoms with E-state index in [0.717, 1.165) is 27.8 Å². The molecule has 8 aromatic carbocycles. The van der Waals surface area contributed by atoms with E-state index in [9.17, 15) is 0 Å². The Hall–Kier alpha value is -6.19. The number of aromatic nitrogens is 3. The first-order valence-corrected chi connectivity index (χ1v) is 15.5. The van der Waals surface area contributed by atoms with Gasteiger partial charge in [0, 0.05) is 16.7 Å². The van der Waals surface area contributed by atoms with Crippen molar-refractivity contribution >= 4 is 43.1 Å². The highest BCUT2D eigenvalue weighted by Crippen LogP contribution is 2.37. The molecule has 3 heteroatoms. The molecule has 0 saturated heterocycles. The second-order valence-corrected chi connectivity index (χ2v) is 11.7. The third-order valence-corrected chi connectivity index (χ3v) is 8.88. The number of benzene rings is 8. The number of fused-ring (bicyclic) bond motifs is 7. The van der Waals surface area contributed by atoms with Gasteiger partial charge in [-0.1, -0.05) is 152 Å². The molecular formula is C43H27N3. The van der Waals surface area contributed by atoms with Gasteiger partial charge in [-0.15, -0.1) is 0 Å². The highest BCUT2D eigenvalue weighted by atomic mass is 15.0. The normalized spacial score (nSPS) is 11.5. The summed E-state index contributed by atoms with van der Waals surface area (Å²) in [6, 6.07) is 57.6. The fourth-order valence-electron chi connectivity index (χ4n) is 6.60. The summed E-state index contributed by atoms with van der Waals surface area (Å²) in [4.78, 5) is 15.1. The van der Waals surface area contributed by atoms with E-state index in [0.29, 0.717) is 17.5 Å². The maximum absolute atomic E-state index is 5.10. The van der Waals surface area contributed by atoms with Gasteiger partial charge < -0.3 is 0 Å². The molecule has 0 unspecified atom stereocenters. The van der Waals surface area contributed by atoms with Crippen molar-refractivity contribution < 1.29 is 0 Å². The van der Waals surface area contributed by atoms with Crippen LogP contribution in [0.15, 0.2) is 164 Å². The molecule has 0 spiro atoms. The predicted molar refractivity (Wildman–Crippen MR) is 192 cm³/mol. The first kappa shape index (κ1) is 26.2. The Balaban J connectivity index is 1.27. The lowest BCUT2D eigenvalue weighted by Gasteiger charge is -2.12. The van der Waals surface area contributed by atoms with Crippen LogP contribution in [0.5, 0.6) is 0 Å². The molecule has 1 heterocycles. The van der Waals surface area contributed by atoms with Gasteiger partial charge in [-0.2, -0.15) is 0 Å². The molecule has 0 aliphatic heterocycles. The zero-order chi connectivity index (χ0) is 30.5. The first-order valence-electron chi connectivity index (χ1n) is 15.5. The van der Waals surface area contributed by atoms with Gasteiger partial charge in [-0.25, -0.2) is 15.0 Å². The summed E-state index contributed by atoms with van der Waals surface area (Å²) < 4.78 is 0. The van der Waals surface area contributed by atoms with Crippen molar-refractivity contribution in [1.29, 1.82) is 0 Å². The zero-order valence-electron chi connectivity index (χ0n) is 24.9. The van der Waals surface area contributed by atoms with Gasteiger partial charge >= 0.3 is 0 Å². The van der Waals surface area contributed by atoms with Crippen LogP contribution >= 0.6 is 0 Å². The van der Waals surface area contributed by atoms with E-state index < -0.39 is 0 Å². The Morgan fingerprint density at radius 2 is 0.783 bits per heavy atom. The van der Waals surface area contributed by atoms with Crippen LogP contribution in [-0.2, 0) is 0 Å². The Morgan fingerprint density at radius 1 is 0.261 bits per heavy atom. The topological polar surface area (TPSA) is 38.7 Å². The largest absolute Gasteiger partial charge is 0.208 e. The van der Waals surface area contributed by atoms with Crippen LogP contribution < -0.4 is 0 Å². The molecule has 0 atom stereocenters. The van der Waals surface area contributed by atoms with Gasteiger partial charge in [-0.3, -0.25) is 0 Å². The van der Waals surface area contributed by atoms with Crippen molar-refractivity contribution in [1.82, 2.24) is 15.0 Å². The van der Waals surface area contributed by atoms with E-state index in [4.69, 9.17) is 15.0 Å². The molecule has 0 fully saturated rings. The standard InChI is InChI=1S/C43H27N3/c1-3-10-28(11-4-1)33-15-9-16-34(26-33)42-44-41(32-13-5-2-6-14-32)45-43(46-42)35-21-19-30-18-20-31-23-24-37-36-17-8-7-12-29(36)22-25-38(37)40(31)39(30)27-35/h1-27H. The number of hydrogen-bond donors (Lipinski definition) is 0. The predicted octanol–water partition coefficient (Wildman–Crippen LogP) is 11.2. The molecule has 1 aromatic heterocycles. The van der Waals surface area contributed by atoms with Gasteiger partial charge in [0.15, 0.2) is 17.5 Å². The number of rotatable bonds is 4. The lowest BCUT2D eigenvalue weighted by molar-refractivity contribution is 1.07. The van der Waals surface area contributed by atoms with E-state index in [-0.39, 0.29) is 0 Å². The zero-order valence-corrected chi connectivity index (χ0v) is 24.9. The minimum absolute atomic E-state index is 0.650. The van der Waals surface area contributed by atoms with Crippen LogP contribution in [0.4, 0.5) is 0 Å². The Morgan fingerprint density at radius 3 is 1.59 bits per heavy atom. The SMILES string of the molecule is c1ccc(-c2cccc(-c3nc(-c4ccccc4)nc(-c4ccc5ccc6ccc7c8ccccc8ccc7c6c5c4)n3)c2)cc1. The third kappa shape index (κ3) is 4.49. The van der Waals surface area contributed by atoms with Crippen molar-refractivity contribution in [2.75, 3.05) is 0 Å². The average molecular weight is 586 g/mol. The molecule has 0 amide bonds. The molecule has 0 bridgehead atoms. The van der Waals surface area contributed by atoms with Crippen molar-refractivity contribution in [3.8, 4) is 45.3 Å². The quantitative estimate of drug-likeness (QED) is 0.193. The Kier molecular flexibility index (Phi) is 6.14. The van der Waals surface area contributed by atoms with Crippen LogP contribution in [0.2, 0.25) is 0 Å². The summed E-state index contributed by atoms with van der Waals surface area (Å²) in [5.74, 6) is 1.95. The monoisotopic (exact) mass is 585 g/mol. The summed E-state index contributed by atoms with van der Waals surface area (Å²) in [6.07, 6.45) is 0. The maximum Gasteiger partial charge on any atom is 0.164 e. The van der Waals surface area contributed by atoms with E-state index in [1.54, 1.807) is 0 Å². The number of hydrogen-bond acceptors (Lipinski definition) is 3. The molecule has 0 N–H and O–H groups in total. The first-order chi connectivity index (χ1) is 22.8. The van der Waals surface area contributed by atoms with Gasteiger partial charge in [0.25, 0.3) is 0 Å². The van der Waals surface area contributed by atoms with E-state index in [1.807, 2.05) is 36.4 Å². The van der Waals surface area contributed by atoms with E-state index in [2.05, 4.69) is 127 Å². The molecule has 46 heavy (non-hydrogen) atoms. The lowest BCUT2D eigenvalue weighted by Crippen LogP contribution is -2.00. The second kappa shape index (κ2) is 10.8. The van der Waals surface area contributed by atoms with Crippen LogP contribution in [0.25, 0.3) is 88.4 Å². The molecule has 3 nitrogen and oxygen atoms in total. The summed E-state index contributed by atoms with van der Waals surface area (Å²) in [7, 11) is 0. The smallest absolute Gasteiger partial charge is 0.164 e. The van der Waals surface area contributed by atoms with Crippen molar-refractivity contribution in [3.05, 3.63) is 164 Å². The third-order valence-electron chi connectivity index (χ3n) is 8.88. The van der Waals surface area contributed by atoms with Crippen LogP contribution in [0, 0.1) is 0 Å². The average Bonchev–Trinajstić information content (AvgIpc) is 3.14. The van der Waals surface area contributed by atoms with Crippen molar-refractivity contribution in [2.45, 2.75) is 0 Å². The summed E-state index contributed by atoms with van der Waals surface area (Å²) >= 11 is 0. The fourth-order valence-corrected chi connectivity index (χ4v) is 6.60. The van der Waals surface area contributed by atoms with Gasteiger partial charge in [0.2, 0.25) is 0 Å². The van der Waals surface area contributed by atoms with Crippen molar-refractivity contribution in [2.24, 2.45) is 0 Å². The van der Waals surface area contributed by atoms with Crippen LogP contribution in [0.1, 0.15) is 0 Å². The minimum Gasteiger partial charge on any atom is -0.208 e. The molecule has 9 rings (SSSR count). The van der Waals surface area contributed by atoms with E-state index in [1.165, 1.54) is 43.1 Å². The minimum atomic E-state index is 0.650. The van der Waals surface area contributed by atoms with Crippen LogP contribution in [-0.4, -0.2) is 15.0 Å². The van der Waals surface area contributed by atoms with Gasteiger partial charge in [0.05, 0.1) is 0 Å². The molecule has 0 aliphatic rings. The highest BCUT2D eigenvalue weighted by Gasteiger charge is 2.15. The van der Waals surface area contributed by atoms with E-state index >= 15 is 0 Å². The molecule has 9 aromatic rings. The van der Waals surface area contributed by atoms with Gasteiger partial charge in [-0.05, 0) is 66.3 Å². The molecule has 0 radical (unpaired) electrons. The molecule has 0 saturated carbocycles. The second-order valence-electron chi connectivity index (χ2n) is 11.7. The van der Waals surface area contributed by atoms with Crippen LogP contribution in [0.3, 0.4) is 0 Å². The van der Waals surface area contributed by atoms with Crippen molar-refractivity contribution in [3.63, 3.8) is 0 Å². The summed E-state index contributed by atoms with van der Waals surface area (Å²) in [6.45, 7) is 0. The fraction of sp³-hybridized carbons (Fsp3) is 0. The number of nitrogens with zero attached hydrogens (tertiary/aromatic N) is 3. The Labute approximate surface area is 266 Å². The highest BCUT2D eigenvalue weighted by molar-refractivity contribution is 6.24. The summed E-state index contributed by atoms with van der Waals surface area (Å²) in [5, 5.41) is 9.85. The van der Waals surface area contributed by atoms with Gasteiger partial charge in [0.1, 0.15) is 0 Å². The maximum atomic E-state index is 5.10. The Bertz CT molecular complexity index is 2570. The molecule has 214 valence electrons.